The van der Waals surface area contributed by atoms with Gasteiger partial charge in [-0.05, 0) is 50.0 Å². The van der Waals surface area contributed by atoms with E-state index < -0.39 is 0 Å². The lowest BCUT2D eigenvalue weighted by molar-refractivity contribution is -0.104. The van der Waals surface area contributed by atoms with Crippen molar-refractivity contribution in [1.82, 2.24) is 0 Å². The Morgan fingerprint density at radius 2 is 2.27 bits per heavy atom. The average Bonchev–Trinajstić information content (AvgIpc) is 2.20. The van der Waals surface area contributed by atoms with Crippen molar-refractivity contribution in [1.29, 1.82) is 0 Å². The first-order chi connectivity index (χ1) is 6.98. The van der Waals surface area contributed by atoms with Crippen LogP contribution < -0.4 is 0 Å². The molecule has 0 saturated heterocycles. The molecule has 0 unspecified atom stereocenters. The topological polar surface area (TPSA) is 17.1 Å². The molecule has 0 saturated carbocycles. The molecule has 0 spiro atoms. The van der Waals surface area contributed by atoms with Crippen LogP contribution in [0.25, 0.3) is 0 Å². The van der Waals surface area contributed by atoms with Gasteiger partial charge >= 0.3 is 0 Å². The summed E-state index contributed by atoms with van der Waals surface area (Å²) in [4.78, 5) is 10.5. The molecule has 1 rings (SSSR count). The Kier molecular flexibility index (Phi) is 3.90. The summed E-state index contributed by atoms with van der Waals surface area (Å²) in [6.07, 6.45) is 8.84. The summed E-state index contributed by atoms with van der Waals surface area (Å²) in [7, 11) is 0. The molecule has 15 heavy (non-hydrogen) atoms. The summed E-state index contributed by atoms with van der Waals surface area (Å²) in [5.41, 5.74) is 2.65. The summed E-state index contributed by atoms with van der Waals surface area (Å²) < 4.78 is 0. The smallest absolute Gasteiger partial charge is 0.145 e. The second kappa shape index (κ2) is 4.78. The van der Waals surface area contributed by atoms with Gasteiger partial charge in [0.1, 0.15) is 6.29 Å². The van der Waals surface area contributed by atoms with Crippen LogP contribution in [-0.2, 0) is 4.79 Å². The van der Waals surface area contributed by atoms with Crippen molar-refractivity contribution in [2.24, 2.45) is 11.3 Å². The Morgan fingerprint density at radius 3 is 2.87 bits per heavy atom. The second-order valence-electron chi connectivity index (χ2n) is 5.18. The highest BCUT2D eigenvalue weighted by atomic mass is 16.1. The summed E-state index contributed by atoms with van der Waals surface area (Å²) in [5, 5.41) is 0. The van der Waals surface area contributed by atoms with Gasteiger partial charge in [0.25, 0.3) is 0 Å². The lowest BCUT2D eigenvalue weighted by Crippen LogP contribution is -2.27. The van der Waals surface area contributed by atoms with Gasteiger partial charge in [0.05, 0.1) is 0 Å². The average molecular weight is 206 g/mol. The summed E-state index contributed by atoms with van der Waals surface area (Å²) in [6, 6.07) is 0. The van der Waals surface area contributed by atoms with Crippen molar-refractivity contribution in [3.8, 4) is 0 Å². The van der Waals surface area contributed by atoms with Crippen LogP contribution in [-0.4, -0.2) is 6.29 Å². The number of hydrogen-bond acceptors (Lipinski definition) is 1. The van der Waals surface area contributed by atoms with E-state index in [4.69, 9.17) is 0 Å². The van der Waals surface area contributed by atoms with Gasteiger partial charge in [0.2, 0.25) is 0 Å². The molecule has 0 aromatic carbocycles. The lowest BCUT2D eigenvalue weighted by Gasteiger charge is -2.38. The van der Waals surface area contributed by atoms with E-state index in [0.717, 1.165) is 18.3 Å². The largest absolute Gasteiger partial charge is 0.298 e. The van der Waals surface area contributed by atoms with E-state index in [2.05, 4.69) is 32.9 Å². The predicted molar refractivity (Wildman–Crippen MR) is 64.7 cm³/mol. The predicted octanol–water partition coefficient (Wildman–Crippen LogP) is 3.90. The third-order valence-corrected chi connectivity index (χ3v) is 3.91. The van der Waals surface area contributed by atoms with Gasteiger partial charge in [-0.3, -0.25) is 4.79 Å². The summed E-state index contributed by atoms with van der Waals surface area (Å²) in [6.45, 7) is 8.73. The maximum Gasteiger partial charge on any atom is 0.145 e. The highest BCUT2D eigenvalue weighted by Crippen LogP contribution is 2.43. The fourth-order valence-electron chi connectivity index (χ4n) is 2.24. The zero-order valence-electron chi connectivity index (χ0n) is 10.3. The SMILES string of the molecule is CC(C=O)=CC[C@H]1CCC=C(C)C1(C)C. The number of carbonyl (C=O) groups excluding carboxylic acids is 1. The minimum Gasteiger partial charge on any atom is -0.298 e. The number of rotatable bonds is 3. The van der Waals surface area contributed by atoms with E-state index >= 15 is 0 Å². The zero-order chi connectivity index (χ0) is 11.5. The molecule has 1 atom stereocenters. The van der Waals surface area contributed by atoms with Gasteiger partial charge in [-0.15, -0.1) is 0 Å². The Morgan fingerprint density at radius 1 is 1.60 bits per heavy atom. The molecule has 0 aromatic heterocycles. The maximum atomic E-state index is 10.5. The highest BCUT2D eigenvalue weighted by molar-refractivity contribution is 5.71. The molecule has 0 heterocycles. The van der Waals surface area contributed by atoms with Gasteiger partial charge in [-0.2, -0.15) is 0 Å². The van der Waals surface area contributed by atoms with Gasteiger partial charge in [0.15, 0.2) is 0 Å². The van der Waals surface area contributed by atoms with Crippen molar-refractivity contribution >= 4 is 6.29 Å². The molecular weight excluding hydrogens is 184 g/mol. The van der Waals surface area contributed by atoms with E-state index in [-0.39, 0.29) is 5.41 Å². The van der Waals surface area contributed by atoms with Crippen LogP contribution in [0.3, 0.4) is 0 Å². The molecule has 0 fully saturated rings. The molecule has 1 aliphatic carbocycles. The number of hydrogen-bond donors (Lipinski definition) is 0. The van der Waals surface area contributed by atoms with Gasteiger partial charge in [0, 0.05) is 0 Å². The van der Waals surface area contributed by atoms with Gasteiger partial charge in [-0.1, -0.05) is 31.6 Å². The Balaban J connectivity index is 2.71. The summed E-state index contributed by atoms with van der Waals surface area (Å²) in [5.74, 6) is 0.678. The molecule has 0 aliphatic heterocycles. The monoisotopic (exact) mass is 206 g/mol. The Labute approximate surface area is 93.3 Å². The fraction of sp³-hybridized carbons (Fsp3) is 0.643. The van der Waals surface area contributed by atoms with E-state index in [0.29, 0.717) is 5.92 Å². The van der Waals surface area contributed by atoms with Crippen LogP contribution in [0.1, 0.15) is 47.0 Å². The number of aldehydes is 1. The van der Waals surface area contributed by atoms with Crippen LogP contribution in [0.4, 0.5) is 0 Å². The molecule has 1 nitrogen and oxygen atoms in total. The first-order valence-electron chi connectivity index (χ1n) is 5.77. The molecular formula is C14H22O. The van der Waals surface area contributed by atoms with E-state index in [1.54, 1.807) is 0 Å². The van der Waals surface area contributed by atoms with Crippen molar-refractivity contribution in [2.75, 3.05) is 0 Å². The van der Waals surface area contributed by atoms with Gasteiger partial charge in [-0.25, -0.2) is 0 Å². The minimum atomic E-state index is 0.290. The minimum absolute atomic E-state index is 0.290. The number of allylic oxidation sites excluding steroid dienone is 4. The molecule has 1 heteroatoms. The molecule has 0 bridgehead atoms. The molecule has 0 N–H and O–H groups in total. The maximum absolute atomic E-state index is 10.5. The van der Waals surface area contributed by atoms with E-state index in [1.165, 1.54) is 18.4 Å². The van der Waals surface area contributed by atoms with Crippen LogP contribution in [0.15, 0.2) is 23.3 Å². The molecule has 1 aliphatic rings. The normalized spacial score (nSPS) is 26.0. The first-order valence-corrected chi connectivity index (χ1v) is 5.77. The quantitative estimate of drug-likeness (QED) is 0.389. The Bertz CT molecular complexity index is 294. The molecule has 0 aromatic rings. The van der Waals surface area contributed by atoms with Crippen molar-refractivity contribution in [2.45, 2.75) is 47.0 Å². The van der Waals surface area contributed by atoms with E-state index in [9.17, 15) is 4.79 Å². The third kappa shape index (κ3) is 2.80. The van der Waals surface area contributed by atoms with E-state index in [1.807, 2.05) is 6.92 Å². The second-order valence-corrected chi connectivity index (χ2v) is 5.18. The Hall–Kier alpha value is -0.850. The van der Waals surface area contributed by atoms with Crippen molar-refractivity contribution < 1.29 is 4.79 Å². The molecule has 84 valence electrons. The zero-order valence-corrected chi connectivity index (χ0v) is 10.3. The van der Waals surface area contributed by atoms with Crippen LogP contribution in [0.2, 0.25) is 0 Å². The third-order valence-electron chi connectivity index (χ3n) is 3.91. The molecule has 0 radical (unpaired) electrons. The van der Waals surface area contributed by atoms with Crippen LogP contribution >= 0.6 is 0 Å². The van der Waals surface area contributed by atoms with Crippen LogP contribution in [0, 0.1) is 11.3 Å². The highest BCUT2D eigenvalue weighted by Gasteiger charge is 2.32. The molecule has 0 amide bonds. The first kappa shape index (κ1) is 12.2. The number of carbonyl (C=O) groups is 1. The summed E-state index contributed by atoms with van der Waals surface area (Å²) >= 11 is 0. The standard InChI is InChI=1S/C14H22O/c1-11(10-15)8-9-13-7-5-6-12(2)14(13,3)4/h6,8,10,13H,5,7,9H2,1-4H3/t13-/m1/s1. The van der Waals surface area contributed by atoms with Crippen molar-refractivity contribution in [3.63, 3.8) is 0 Å². The van der Waals surface area contributed by atoms with Crippen molar-refractivity contribution in [3.05, 3.63) is 23.3 Å². The van der Waals surface area contributed by atoms with Crippen LogP contribution in [0.5, 0.6) is 0 Å². The fourth-order valence-corrected chi connectivity index (χ4v) is 2.24. The lowest BCUT2D eigenvalue weighted by atomic mass is 9.67. The van der Waals surface area contributed by atoms with Gasteiger partial charge < -0.3 is 0 Å².